The van der Waals surface area contributed by atoms with Gasteiger partial charge >= 0.3 is 0 Å². The maximum atomic E-state index is 5.56. The van der Waals surface area contributed by atoms with Gasteiger partial charge in [0.2, 0.25) is 0 Å². The van der Waals surface area contributed by atoms with Crippen molar-refractivity contribution in [3.63, 3.8) is 0 Å². The van der Waals surface area contributed by atoms with Crippen molar-refractivity contribution in [2.45, 2.75) is 58.0 Å². The molecule has 0 saturated heterocycles. The Balaban J connectivity index is 2.34. The molecule has 1 heterocycles. The lowest BCUT2D eigenvalue weighted by atomic mass is 9.92. The van der Waals surface area contributed by atoms with Crippen LogP contribution in [0, 0.1) is 5.92 Å². The molecule has 0 aromatic carbocycles. The fraction of sp³-hybridized carbons (Fsp3) is 0.625. The van der Waals surface area contributed by atoms with Gasteiger partial charge in [0.15, 0.2) is 0 Å². The molecular formula is C16H29N3. The van der Waals surface area contributed by atoms with Crippen molar-refractivity contribution in [1.82, 2.24) is 5.32 Å². The van der Waals surface area contributed by atoms with E-state index in [1.54, 1.807) is 0 Å². The number of rotatable bonds is 9. The standard InChI is InChI=1S/C16H29N3/c1-2-9-14(10-5-3-7-12-16(17)18)15-11-6-4-8-13-19-15/h4,6,8,11,13-14,16,19H,2-3,5,7,9-10,12,17-18H2,1H3. The van der Waals surface area contributed by atoms with Crippen LogP contribution in [-0.2, 0) is 0 Å². The summed E-state index contributed by atoms with van der Waals surface area (Å²) >= 11 is 0. The average Bonchev–Trinajstić information content (AvgIpc) is 2.65. The van der Waals surface area contributed by atoms with E-state index in [1.165, 1.54) is 37.8 Å². The summed E-state index contributed by atoms with van der Waals surface area (Å²) in [7, 11) is 0. The number of nitrogens with two attached hydrogens (primary N) is 2. The van der Waals surface area contributed by atoms with E-state index in [4.69, 9.17) is 11.5 Å². The van der Waals surface area contributed by atoms with Crippen molar-refractivity contribution in [2.24, 2.45) is 17.4 Å². The second-order valence-electron chi connectivity index (χ2n) is 5.30. The molecule has 0 amide bonds. The molecule has 1 atom stereocenters. The van der Waals surface area contributed by atoms with Crippen LogP contribution in [-0.4, -0.2) is 6.17 Å². The SMILES string of the molecule is CCCC(CCCCCC(N)N)C1=CC=CC=CN1. The number of nitrogens with one attached hydrogen (secondary N) is 1. The van der Waals surface area contributed by atoms with Gasteiger partial charge in [-0.15, -0.1) is 0 Å². The lowest BCUT2D eigenvalue weighted by Gasteiger charge is -2.19. The molecule has 0 aromatic heterocycles. The fourth-order valence-corrected chi connectivity index (χ4v) is 2.48. The van der Waals surface area contributed by atoms with E-state index in [-0.39, 0.29) is 6.17 Å². The van der Waals surface area contributed by atoms with E-state index >= 15 is 0 Å². The van der Waals surface area contributed by atoms with Crippen LogP contribution in [0.3, 0.4) is 0 Å². The van der Waals surface area contributed by atoms with Crippen molar-refractivity contribution in [3.8, 4) is 0 Å². The van der Waals surface area contributed by atoms with E-state index in [0.717, 1.165) is 12.8 Å². The predicted molar refractivity (Wildman–Crippen MR) is 83.1 cm³/mol. The summed E-state index contributed by atoms with van der Waals surface area (Å²) in [6.45, 7) is 2.25. The topological polar surface area (TPSA) is 64.1 Å². The van der Waals surface area contributed by atoms with Crippen molar-refractivity contribution in [1.29, 1.82) is 0 Å². The minimum Gasteiger partial charge on any atom is -0.365 e. The first-order valence-electron chi connectivity index (χ1n) is 7.55. The fourth-order valence-electron chi connectivity index (χ4n) is 2.48. The minimum absolute atomic E-state index is 0.145. The molecule has 3 nitrogen and oxygen atoms in total. The Morgan fingerprint density at radius 2 is 1.79 bits per heavy atom. The Labute approximate surface area is 117 Å². The molecule has 1 aliphatic heterocycles. The quantitative estimate of drug-likeness (QED) is 0.442. The molecule has 0 bridgehead atoms. The van der Waals surface area contributed by atoms with E-state index in [1.807, 2.05) is 12.3 Å². The summed E-state index contributed by atoms with van der Waals surface area (Å²) in [5.41, 5.74) is 12.5. The van der Waals surface area contributed by atoms with Crippen LogP contribution in [0.15, 0.2) is 36.2 Å². The van der Waals surface area contributed by atoms with Crippen LogP contribution < -0.4 is 16.8 Å². The average molecular weight is 263 g/mol. The minimum atomic E-state index is -0.145. The van der Waals surface area contributed by atoms with Crippen LogP contribution in [0.4, 0.5) is 0 Å². The number of allylic oxidation sites excluding steroid dienone is 5. The van der Waals surface area contributed by atoms with E-state index < -0.39 is 0 Å². The summed E-state index contributed by atoms with van der Waals surface area (Å²) in [6.07, 6.45) is 18.6. The van der Waals surface area contributed by atoms with Gasteiger partial charge in [-0.1, -0.05) is 44.8 Å². The summed E-state index contributed by atoms with van der Waals surface area (Å²) in [5.74, 6) is 0.643. The second kappa shape index (κ2) is 9.82. The van der Waals surface area contributed by atoms with E-state index in [9.17, 15) is 0 Å². The molecule has 0 saturated carbocycles. The molecule has 19 heavy (non-hydrogen) atoms. The van der Waals surface area contributed by atoms with Crippen LogP contribution in [0.1, 0.15) is 51.9 Å². The highest BCUT2D eigenvalue weighted by molar-refractivity contribution is 5.22. The molecular weight excluding hydrogens is 234 g/mol. The Hall–Kier alpha value is -1.06. The summed E-state index contributed by atoms with van der Waals surface area (Å²) < 4.78 is 0. The summed E-state index contributed by atoms with van der Waals surface area (Å²) in [6, 6.07) is 0. The third-order valence-corrected chi connectivity index (χ3v) is 3.51. The highest BCUT2D eigenvalue weighted by Crippen LogP contribution is 2.23. The first-order chi connectivity index (χ1) is 9.24. The van der Waals surface area contributed by atoms with E-state index in [2.05, 4.69) is 30.5 Å². The molecule has 0 aromatic rings. The molecule has 0 radical (unpaired) electrons. The lowest BCUT2D eigenvalue weighted by Crippen LogP contribution is -2.29. The van der Waals surface area contributed by atoms with Crippen molar-refractivity contribution in [3.05, 3.63) is 36.2 Å². The van der Waals surface area contributed by atoms with Crippen molar-refractivity contribution < 1.29 is 0 Å². The smallest absolute Gasteiger partial charge is 0.0520 e. The number of hydrogen-bond donors (Lipinski definition) is 3. The maximum Gasteiger partial charge on any atom is 0.0520 e. The lowest BCUT2D eigenvalue weighted by molar-refractivity contribution is 0.454. The predicted octanol–water partition coefficient (Wildman–Crippen LogP) is 3.15. The molecule has 1 aliphatic rings. The highest BCUT2D eigenvalue weighted by Gasteiger charge is 2.12. The van der Waals surface area contributed by atoms with Gasteiger partial charge in [0.05, 0.1) is 6.17 Å². The summed E-state index contributed by atoms with van der Waals surface area (Å²) in [5, 5.41) is 3.40. The molecule has 108 valence electrons. The first-order valence-corrected chi connectivity index (χ1v) is 7.55. The second-order valence-corrected chi connectivity index (χ2v) is 5.30. The largest absolute Gasteiger partial charge is 0.365 e. The van der Waals surface area contributed by atoms with Crippen molar-refractivity contribution in [2.75, 3.05) is 0 Å². The van der Waals surface area contributed by atoms with Crippen LogP contribution in [0.25, 0.3) is 0 Å². The Bertz CT molecular complexity index is 316. The maximum absolute atomic E-state index is 5.56. The number of unbranched alkanes of at least 4 members (excludes halogenated alkanes) is 2. The summed E-state index contributed by atoms with van der Waals surface area (Å²) in [4.78, 5) is 0. The zero-order valence-electron chi connectivity index (χ0n) is 12.1. The molecule has 0 fully saturated rings. The zero-order chi connectivity index (χ0) is 13.9. The van der Waals surface area contributed by atoms with Gasteiger partial charge < -0.3 is 16.8 Å². The third-order valence-electron chi connectivity index (χ3n) is 3.51. The molecule has 3 heteroatoms. The highest BCUT2D eigenvalue weighted by atomic mass is 14.9. The monoisotopic (exact) mass is 263 g/mol. The normalized spacial score (nSPS) is 16.1. The van der Waals surface area contributed by atoms with Gasteiger partial charge in [0.1, 0.15) is 0 Å². The molecule has 0 aliphatic carbocycles. The Kier molecular flexibility index (Phi) is 8.26. The Morgan fingerprint density at radius 1 is 1.00 bits per heavy atom. The number of hydrogen-bond acceptors (Lipinski definition) is 3. The van der Waals surface area contributed by atoms with Gasteiger partial charge in [-0.25, -0.2) is 0 Å². The molecule has 1 rings (SSSR count). The van der Waals surface area contributed by atoms with Crippen LogP contribution in [0.5, 0.6) is 0 Å². The van der Waals surface area contributed by atoms with Crippen LogP contribution >= 0.6 is 0 Å². The van der Waals surface area contributed by atoms with Gasteiger partial charge in [0.25, 0.3) is 0 Å². The molecule has 0 spiro atoms. The first kappa shape index (κ1) is 16.0. The van der Waals surface area contributed by atoms with Crippen LogP contribution in [0.2, 0.25) is 0 Å². The van der Waals surface area contributed by atoms with Gasteiger partial charge in [-0.05, 0) is 37.3 Å². The van der Waals surface area contributed by atoms with Gasteiger partial charge in [-0.3, -0.25) is 0 Å². The van der Waals surface area contributed by atoms with E-state index in [0.29, 0.717) is 5.92 Å². The van der Waals surface area contributed by atoms with Crippen molar-refractivity contribution >= 4 is 0 Å². The zero-order valence-corrected chi connectivity index (χ0v) is 12.1. The Morgan fingerprint density at radius 3 is 2.53 bits per heavy atom. The van der Waals surface area contributed by atoms with Gasteiger partial charge in [-0.2, -0.15) is 0 Å². The van der Waals surface area contributed by atoms with Gasteiger partial charge in [0, 0.05) is 11.9 Å². The molecule has 5 N–H and O–H groups in total. The third kappa shape index (κ3) is 7.19. The molecule has 1 unspecified atom stereocenters.